The van der Waals surface area contributed by atoms with Gasteiger partial charge in [-0.1, -0.05) is 0 Å². The third kappa shape index (κ3) is 3.57. The molecule has 0 radical (unpaired) electrons. The number of methoxy groups -OCH3 is 1. The van der Waals surface area contributed by atoms with Crippen LogP contribution in [0.2, 0.25) is 0 Å². The number of nitrogens with zero attached hydrogens (tertiary/aromatic N) is 1. The number of amides is 1. The third-order valence-corrected chi connectivity index (χ3v) is 5.44. The largest absolute Gasteiger partial charge is 0.491 e. The van der Waals surface area contributed by atoms with Crippen molar-refractivity contribution in [3.05, 3.63) is 24.3 Å². The van der Waals surface area contributed by atoms with E-state index in [0.717, 1.165) is 0 Å². The van der Waals surface area contributed by atoms with Crippen LogP contribution in [0.25, 0.3) is 0 Å². The van der Waals surface area contributed by atoms with Crippen LogP contribution in [-0.4, -0.2) is 51.5 Å². The average Bonchev–Trinajstić information content (AvgIpc) is 2.98. The topological polar surface area (TPSA) is 98.9 Å². The highest BCUT2D eigenvalue weighted by Gasteiger charge is 2.38. The Morgan fingerprint density at radius 1 is 1.32 bits per heavy atom. The molecule has 0 bridgehead atoms. The lowest BCUT2D eigenvalue weighted by Crippen LogP contribution is -2.43. The van der Waals surface area contributed by atoms with Crippen molar-refractivity contribution in [2.24, 2.45) is 5.73 Å². The van der Waals surface area contributed by atoms with Gasteiger partial charge in [0, 0.05) is 13.7 Å². The number of nitrogens with two attached hydrogens (primary N) is 1. The zero-order valence-electron chi connectivity index (χ0n) is 12.4. The molecule has 1 aromatic rings. The highest BCUT2D eigenvalue weighted by Crippen LogP contribution is 2.27. The summed E-state index contributed by atoms with van der Waals surface area (Å²) in [6, 6.07) is 5.33. The summed E-state index contributed by atoms with van der Waals surface area (Å²) in [5.74, 6) is -0.0514. The third-order valence-electron chi connectivity index (χ3n) is 3.52. The van der Waals surface area contributed by atoms with Crippen molar-refractivity contribution in [1.82, 2.24) is 4.31 Å². The summed E-state index contributed by atoms with van der Waals surface area (Å²) < 4.78 is 36.6. The van der Waals surface area contributed by atoms with Gasteiger partial charge in [0.25, 0.3) is 0 Å². The number of carbonyl (C=O) groups is 1. The van der Waals surface area contributed by atoms with E-state index >= 15 is 0 Å². The molecule has 1 saturated heterocycles. The highest BCUT2D eigenvalue weighted by atomic mass is 32.2. The minimum absolute atomic E-state index is 0.125. The Bertz CT molecular complexity index is 615. The summed E-state index contributed by atoms with van der Waals surface area (Å²) >= 11 is 0. The van der Waals surface area contributed by atoms with Crippen molar-refractivity contribution in [1.29, 1.82) is 0 Å². The summed E-state index contributed by atoms with van der Waals surface area (Å²) in [5, 5.41) is 0. The van der Waals surface area contributed by atoms with E-state index in [9.17, 15) is 13.2 Å². The number of benzene rings is 1. The predicted octanol–water partition coefficient (Wildman–Crippen LogP) is 0.350. The number of sulfonamides is 1. The van der Waals surface area contributed by atoms with Crippen molar-refractivity contribution < 1.29 is 22.7 Å². The van der Waals surface area contributed by atoms with Crippen LogP contribution in [0.3, 0.4) is 0 Å². The zero-order valence-corrected chi connectivity index (χ0v) is 13.2. The second kappa shape index (κ2) is 7.08. The lowest BCUT2D eigenvalue weighted by atomic mass is 10.2. The van der Waals surface area contributed by atoms with Crippen LogP contribution < -0.4 is 10.5 Å². The molecule has 1 unspecified atom stereocenters. The van der Waals surface area contributed by atoms with Gasteiger partial charge in [0.1, 0.15) is 18.4 Å². The summed E-state index contributed by atoms with van der Waals surface area (Å²) in [6.07, 6.45) is 1.10. The molecule has 1 aromatic carbocycles. The summed E-state index contributed by atoms with van der Waals surface area (Å²) in [6.45, 7) is 1.15. The van der Waals surface area contributed by atoms with Gasteiger partial charge in [-0.25, -0.2) is 8.42 Å². The van der Waals surface area contributed by atoms with Gasteiger partial charge >= 0.3 is 0 Å². The van der Waals surface area contributed by atoms with E-state index in [1.54, 1.807) is 19.2 Å². The fourth-order valence-electron chi connectivity index (χ4n) is 2.40. The normalized spacial score (nSPS) is 19.2. The fraction of sp³-hybridized carbons (Fsp3) is 0.500. The van der Waals surface area contributed by atoms with Crippen LogP contribution in [0.1, 0.15) is 12.8 Å². The Balaban J connectivity index is 2.14. The van der Waals surface area contributed by atoms with Gasteiger partial charge in [-0.05, 0) is 37.1 Å². The number of carbonyl (C=O) groups excluding carboxylic acids is 1. The molecule has 1 atom stereocenters. The Morgan fingerprint density at radius 2 is 2.00 bits per heavy atom. The molecule has 0 aliphatic carbocycles. The first-order chi connectivity index (χ1) is 10.5. The Morgan fingerprint density at radius 3 is 2.59 bits per heavy atom. The first-order valence-electron chi connectivity index (χ1n) is 7.00. The van der Waals surface area contributed by atoms with Crippen LogP contribution in [0.4, 0.5) is 0 Å². The SMILES string of the molecule is COCCOc1ccc(S(=O)(=O)N2CCCC2C(N)=O)cc1. The van der Waals surface area contributed by atoms with Gasteiger partial charge in [0.15, 0.2) is 0 Å². The quantitative estimate of drug-likeness (QED) is 0.728. The van der Waals surface area contributed by atoms with E-state index in [1.807, 2.05) is 0 Å². The molecule has 0 aromatic heterocycles. The van der Waals surface area contributed by atoms with Gasteiger partial charge in [0.2, 0.25) is 15.9 Å². The van der Waals surface area contributed by atoms with Crippen LogP contribution in [0.15, 0.2) is 29.2 Å². The fourth-order valence-corrected chi connectivity index (χ4v) is 4.06. The van der Waals surface area contributed by atoms with E-state index in [2.05, 4.69) is 0 Å². The van der Waals surface area contributed by atoms with Crippen LogP contribution in [0, 0.1) is 0 Å². The van der Waals surface area contributed by atoms with Gasteiger partial charge in [-0.2, -0.15) is 4.31 Å². The summed E-state index contributed by atoms with van der Waals surface area (Å²) in [4.78, 5) is 11.5. The zero-order chi connectivity index (χ0) is 16.2. The van der Waals surface area contributed by atoms with E-state index in [-0.39, 0.29) is 4.90 Å². The minimum Gasteiger partial charge on any atom is -0.491 e. The molecule has 1 heterocycles. The lowest BCUT2D eigenvalue weighted by molar-refractivity contribution is -0.121. The molecule has 2 N–H and O–H groups in total. The van der Waals surface area contributed by atoms with Crippen LogP contribution in [-0.2, 0) is 19.6 Å². The minimum atomic E-state index is -3.72. The second-order valence-electron chi connectivity index (χ2n) is 4.99. The summed E-state index contributed by atoms with van der Waals surface area (Å²) in [7, 11) is -2.15. The number of hydrogen-bond acceptors (Lipinski definition) is 5. The highest BCUT2D eigenvalue weighted by molar-refractivity contribution is 7.89. The molecule has 2 rings (SSSR count). The van der Waals surface area contributed by atoms with Crippen LogP contribution in [0.5, 0.6) is 5.75 Å². The number of ether oxygens (including phenoxy) is 2. The standard InChI is InChI=1S/C14H20N2O5S/c1-20-9-10-21-11-4-6-12(7-5-11)22(18,19)16-8-2-3-13(16)14(15)17/h4-7,13H,2-3,8-10H2,1H3,(H2,15,17). The summed E-state index contributed by atoms with van der Waals surface area (Å²) in [5.41, 5.74) is 5.28. The van der Waals surface area contributed by atoms with Gasteiger partial charge in [0.05, 0.1) is 11.5 Å². The molecule has 1 fully saturated rings. The molecule has 22 heavy (non-hydrogen) atoms. The molecule has 7 nitrogen and oxygen atoms in total. The lowest BCUT2D eigenvalue weighted by Gasteiger charge is -2.21. The Hall–Kier alpha value is -1.64. The van der Waals surface area contributed by atoms with Crippen LogP contribution >= 0.6 is 0 Å². The number of hydrogen-bond donors (Lipinski definition) is 1. The molecule has 1 amide bonds. The van der Waals surface area contributed by atoms with Gasteiger partial charge in [-0.15, -0.1) is 0 Å². The molecule has 1 aliphatic heterocycles. The first kappa shape index (κ1) is 16.7. The first-order valence-corrected chi connectivity index (χ1v) is 8.44. The van der Waals surface area contributed by atoms with E-state index in [0.29, 0.717) is 38.3 Å². The van der Waals surface area contributed by atoms with Gasteiger partial charge < -0.3 is 15.2 Å². The average molecular weight is 328 g/mol. The molecule has 8 heteroatoms. The monoisotopic (exact) mass is 328 g/mol. The maximum atomic E-state index is 12.6. The Labute approximate surface area is 130 Å². The molecule has 122 valence electrons. The van der Waals surface area contributed by atoms with E-state index in [4.69, 9.17) is 15.2 Å². The maximum Gasteiger partial charge on any atom is 0.243 e. The number of primary amides is 1. The Kier molecular flexibility index (Phi) is 5.38. The molecule has 0 spiro atoms. The van der Waals surface area contributed by atoms with Crippen molar-refractivity contribution in [2.75, 3.05) is 26.9 Å². The molecule has 0 saturated carbocycles. The van der Waals surface area contributed by atoms with Crippen molar-refractivity contribution in [2.45, 2.75) is 23.8 Å². The molecular formula is C14H20N2O5S. The van der Waals surface area contributed by atoms with Crippen molar-refractivity contribution >= 4 is 15.9 Å². The second-order valence-corrected chi connectivity index (χ2v) is 6.88. The number of rotatable bonds is 7. The molecular weight excluding hydrogens is 308 g/mol. The van der Waals surface area contributed by atoms with E-state index in [1.165, 1.54) is 16.4 Å². The predicted molar refractivity (Wildman–Crippen MR) is 79.9 cm³/mol. The van der Waals surface area contributed by atoms with Crippen molar-refractivity contribution in [3.8, 4) is 5.75 Å². The smallest absolute Gasteiger partial charge is 0.243 e. The van der Waals surface area contributed by atoms with Gasteiger partial charge in [-0.3, -0.25) is 4.79 Å². The maximum absolute atomic E-state index is 12.6. The molecule has 1 aliphatic rings. The van der Waals surface area contributed by atoms with E-state index < -0.39 is 22.0 Å². The van der Waals surface area contributed by atoms with Crippen molar-refractivity contribution in [3.63, 3.8) is 0 Å².